The number of halogens is 2. The van der Waals surface area contributed by atoms with Crippen molar-refractivity contribution < 1.29 is 13.9 Å². The zero-order valence-electron chi connectivity index (χ0n) is 18.9. The molecular formula is C26H21Cl2N3O3S. The van der Waals surface area contributed by atoms with Crippen molar-refractivity contribution in [3.63, 3.8) is 0 Å². The van der Waals surface area contributed by atoms with Crippen molar-refractivity contribution in [1.82, 2.24) is 10.3 Å². The van der Waals surface area contributed by atoms with Gasteiger partial charge in [-0.05, 0) is 60.7 Å². The fraction of sp³-hybridized carbons (Fsp3) is 0.154. The molecule has 0 unspecified atom stereocenters. The number of nitrogens with zero attached hydrogens (tertiary/aromatic N) is 2. The van der Waals surface area contributed by atoms with Gasteiger partial charge in [0.2, 0.25) is 0 Å². The molecule has 4 aromatic rings. The van der Waals surface area contributed by atoms with Crippen LogP contribution in [0.1, 0.15) is 23.5 Å². The van der Waals surface area contributed by atoms with Gasteiger partial charge in [-0.25, -0.2) is 0 Å². The average molecular weight is 526 g/mol. The number of nitrogens with one attached hydrogen (secondary N) is 1. The monoisotopic (exact) mass is 525 g/mol. The molecule has 1 aliphatic rings. The van der Waals surface area contributed by atoms with E-state index in [2.05, 4.69) is 10.3 Å². The molecule has 0 amide bonds. The predicted octanol–water partition coefficient (Wildman–Crippen LogP) is 6.84. The fourth-order valence-electron chi connectivity index (χ4n) is 4.24. The molecule has 35 heavy (non-hydrogen) atoms. The van der Waals surface area contributed by atoms with Crippen LogP contribution in [0.3, 0.4) is 0 Å². The van der Waals surface area contributed by atoms with Crippen molar-refractivity contribution in [2.24, 2.45) is 0 Å². The molecule has 1 aliphatic heterocycles. The van der Waals surface area contributed by atoms with Crippen LogP contribution in [0.2, 0.25) is 10.0 Å². The standard InChI is InChI=1S/C26H21Cl2N3O3S/c1-32-15-9-10-19(22(14-15)33-2)31-25(24(30-26(31)35)18-8-3-4-13-29-18)21-12-11-20(34-21)16-6-5-7-17(27)23(16)28/h3-14,24-25H,1-2H3,(H,30,35)/t24-,25+/m1/s1. The lowest BCUT2D eigenvalue weighted by atomic mass is 10.0. The second kappa shape index (κ2) is 9.77. The first kappa shape index (κ1) is 23.5. The molecule has 6 nitrogen and oxygen atoms in total. The molecule has 0 spiro atoms. The van der Waals surface area contributed by atoms with Crippen LogP contribution in [-0.2, 0) is 0 Å². The van der Waals surface area contributed by atoms with Crippen LogP contribution in [0.5, 0.6) is 11.5 Å². The Morgan fingerprint density at radius 2 is 1.86 bits per heavy atom. The van der Waals surface area contributed by atoms with Crippen LogP contribution in [-0.4, -0.2) is 24.3 Å². The molecular weight excluding hydrogens is 505 g/mol. The summed E-state index contributed by atoms with van der Waals surface area (Å²) in [6.07, 6.45) is 1.76. The van der Waals surface area contributed by atoms with Gasteiger partial charge in [0, 0.05) is 17.8 Å². The predicted molar refractivity (Wildman–Crippen MR) is 142 cm³/mol. The Hall–Kier alpha value is -3.26. The van der Waals surface area contributed by atoms with Gasteiger partial charge < -0.3 is 24.1 Å². The van der Waals surface area contributed by atoms with Gasteiger partial charge in [0.25, 0.3) is 0 Å². The van der Waals surface area contributed by atoms with Crippen LogP contribution >= 0.6 is 35.4 Å². The number of hydrogen-bond donors (Lipinski definition) is 1. The second-order valence-corrected chi connectivity index (χ2v) is 9.01. The fourth-order valence-corrected chi connectivity index (χ4v) is 4.97. The van der Waals surface area contributed by atoms with E-state index in [1.54, 1.807) is 26.5 Å². The Balaban J connectivity index is 1.64. The first-order valence-corrected chi connectivity index (χ1v) is 11.9. The summed E-state index contributed by atoms with van der Waals surface area (Å²) in [6, 6.07) is 20.0. The van der Waals surface area contributed by atoms with Crippen molar-refractivity contribution in [2.45, 2.75) is 12.1 Å². The first-order chi connectivity index (χ1) is 17.0. The smallest absolute Gasteiger partial charge is 0.174 e. The minimum Gasteiger partial charge on any atom is -0.497 e. The number of hydrogen-bond acceptors (Lipinski definition) is 5. The summed E-state index contributed by atoms with van der Waals surface area (Å²) in [5.74, 6) is 2.57. The Labute approximate surface area is 218 Å². The minimum atomic E-state index is -0.355. The van der Waals surface area contributed by atoms with Gasteiger partial charge >= 0.3 is 0 Å². The molecule has 178 valence electrons. The normalized spacial score (nSPS) is 17.4. The third-order valence-corrected chi connectivity index (χ3v) is 7.01. The van der Waals surface area contributed by atoms with E-state index in [0.717, 1.165) is 11.4 Å². The number of furan rings is 1. The molecule has 2 atom stereocenters. The summed E-state index contributed by atoms with van der Waals surface area (Å²) in [4.78, 5) is 6.56. The van der Waals surface area contributed by atoms with E-state index in [1.165, 1.54) is 0 Å². The summed E-state index contributed by atoms with van der Waals surface area (Å²) in [7, 11) is 3.23. The lowest BCUT2D eigenvalue weighted by molar-refractivity contribution is 0.392. The van der Waals surface area contributed by atoms with E-state index in [1.807, 2.05) is 65.6 Å². The van der Waals surface area contributed by atoms with Gasteiger partial charge in [0.15, 0.2) is 5.11 Å². The van der Waals surface area contributed by atoms with Crippen LogP contribution < -0.4 is 19.7 Å². The van der Waals surface area contributed by atoms with E-state index in [0.29, 0.717) is 43.7 Å². The molecule has 1 N–H and O–H groups in total. The highest BCUT2D eigenvalue weighted by Gasteiger charge is 2.43. The van der Waals surface area contributed by atoms with Crippen LogP contribution in [0, 0.1) is 0 Å². The lowest BCUT2D eigenvalue weighted by Gasteiger charge is -2.27. The number of ether oxygens (including phenoxy) is 2. The van der Waals surface area contributed by atoms with Gasteiger partial charge in [-0.2, -0.15) is 0 Å². The molecule has 2 aromatic carbocycles. The molecule has 0 saturated carbocycles. The van der Waals surface area contributed by atoms with Gasteiger partial charge in [-0.15, -0.1) is 0 Å². The Morgan fingerprint density at radius 1 is 1.00 bits per heavy atom. The van der Waals surface area contributed by atoms with E-state index < -0.39 is 0 Å². The van der Waals surface area contributed by atoms with Crippen LogP contribution in [0.25, 0.3) is 11.3 Å². The van der Waals surface area contributed by atoms with Gasteiger partial charge in [0.05, 0.1) is 41.7 Å². The zero-order chi connectivity index (χ0) is 24.5. The number of rotatable bonds is 6. The third kappa shape index (κ3) is 4.31. The van der Waals surface area contributed by atoms with Crippen molar-refractivity contribution in [3.8, 4) is 22.8 Å². The topological polar surface area (TPSA) is 59.8 Å². The highest BCUT2D eigenvalue weighted by molar-refractivity contribution is 7.80. The molecule has 5 rings (SSSR count). The average Bonchev–Trinajstić information content (AvgIpc) is 3.50. The molecule has 1 fully saturated rings. The van der Waals surface area contributed by atoms with Crippen molar-refractivity contribution in [3.05, 3.63) is 94.4 Å². The largest absolute Gasteiger partial charge is 0.497 e. The summed E-state index contributed by atoms with van der Waals surface area (Å²) in [5.41, 5.74) is 2.31. The van der Waals surface area contributed by atoms with Crippen LogP contribution in [0.15, 0.2) is 77.3 Å². The van der Waals surface area contributed by atoms with E-state index >= 15 is 0 Å². The number of aromatic nitrogens is 1. The first-order valence-electron chi connectivity index (χ1n) is 10.8. The summed E-state index contributed by atoms with van der Waals surface area (Å²) in [6.45, 7) is 0. The number of anilines is 1. The summed E-state index contributed by atoms with van der Waals surface area (Å²) >= 11 is 18.5. The van der Waals surface area contributed by atoms with E-state index in [-0.39, 0.29) is 12.1 Å². The molecule has 9 heteroatoms. The molecule has 0 aliphatic carbocycles. The maximum atomic E-state index is 6.46. The Bertz CT molecular complexity index is 1380. The van der Waals surface area contributed by atoms with E-state index in [4.69, 9.17) is 49.3 Å². The van der Waals surface area contributed by atoms with E-state index in [9.17, 15) is 0 Å². The number of pyridine rings is 1. The molecule has 2 aromatic heterocycles. The Kier molecular flexibility index (Phi) is 6.56. The summed E-state index contributed by atoms with van der Waals surface area (Å²) in [5, 5.41) is 4.83. The van der Waals surface area contributed by atoms with Crippen LogP contribution in [0.4, 0.5) is 5.69 Å². The quantitative estimate of drug-likeness (QED) is 0.276. The molecule has 3 heterocycles. The summed E-state index contributed by atoms with van der Waals surface area (Å²) < 4.78 is 17.4. The highest BCUT2D eigenvalue weighted by Crippen LogP contribution is 2.46. The number of benzene rings is 2. The number of thiocarbonyl (C=S) groups is 1. The second-order valence-electron chi connectivity index (χ2n) is 7.84. The molecule has 1 saturated heterocycles. The van der Waals surface area contributed by atoms with Crippen molar-refractivity contribution in [2.75, 3.05) is 19.1 Å². The van der Waals surface area contributed by atoms with Crippen molar-refractivity contribution >= 4 is 46.2 Å². The lowest BCUT2D eigenvalue weighted by Crippen LogP contribution is -2.29. The maximum absolute atomic E-state index is 6.46. The Morgan fingerprint density at radius 3 is 2.60 bits per heavy atom. The molecule has 0 radical (unpaired) electrons. The van der Waals surface area contributed by atoms with Gasteiger partial charge in [-0.3, -0.25) is 4.98 Å². The third-order valence-electron chi connectivity index (χ3n) is 5.88. The highest BCUT2D eigenvalue weighted by atomic mass is 35.5. The number of methoxy groups -OCH3 is 2. The zero-order valence-corrected chi connectivity index (χ0v) is 21.2. The SMILES string of the molecule is COc1ccc(N2C(=S)N[C@H](c3ccccn3)[C@@H]2c2ccc(-c3cccc(Cl)c3Cl)o2)c(OC)c1. The minimum absolute atomic E-state index is 0.274. The van der Waals surface area contributed by atoms with Gasteiger partial charge in [0.1, 0.15) is 29.1 Å². The van der Waals surface area contributed by atoms with Gasteiger partial charge in [-0.1, -0.05) is 35.3 Å². The maximum Gasteiger partial charge on any atom is 0.174 e. The van der Waals surface area contributed by atoms with Crippen molar-refractivity contribution in [1.29, 1.82) is 0 Å². The molecule has 0 bridgehead atoms.